The van der Waals surface area contributed by atoms with Gasteiger partial charge in [-0.3, -0.25) is 5.21 Å². The molecule has 0 aliphatic heterocycles. The summed E-state index contributed by atoms with van der Waals surface area (Å²) >= 11 is 2.86. The van der Waals surface area contributed by atoms with Crippen molar-refractivity contribution >= 4 is 15.9 Å². The summed E-state index contributed by atoms with van der Waals surface area (Å²) < 4.78 is 37.4. The molecule has 0 amide bonds. The Kier molecular flexibility index (Phi) is 2.51. The van der Waals surface area contributed by atoms with Gasteiger partial charge in [0.05, 0.1) is 4.47 Å². The van der Waals surface area contributed by atoms with Crippen molar-refractivity contribution in [3.63, 3.8) is 0 Å². The molecule has 0 atom stereocenters. The summed E-state index contributed by atoms with van der Waals surface area (Å²) in [5.74, 6) is 0. The third-order valence-electron chi connectivity index (χ3n) is 1.57. The summed E-state index contributed by atoms with van der Waals surface area (Å²) in [7, 11) is 0. The normalized spacial score (nSPS) is 11.8. The third-order valence-corrected chi connectivity index (χ3v) is 2.00. The fourth-order valence-corrected chi connectivity index (χ4v) is 1.33. The van der Waals surface area contributed by atoms with Crippen LogP contribution in [0.5, 0.6) is 0 Å². The summed E-state index contributed by atoms with van der Waals surface area (Å²) in [5, 5.41) is 9.03. The number of hydrogen-bond donors (Lipinski definition) is 1. The van der Waals surface area contributed by atoms with Gasteiger partial charge in [0.2, 0.25) is 11.9 Å². The molecule has 1 aromatic heterocycles. The van der Waals surface area contributed by atoms with E-state index in [1.54, 1.807) is 0 Å². The molecule has 1 N–H and O–H groups in total. The van der Waals surface area contributed by atoms with E-state index in [9.17, 15) is 13.2 Å². The Labute approximate surface area is 80.7 Å². The minimum Gasteiger partial charge on any atom is -0.285 e. The molecule has 1 heterocycles. The molecule has 0 saturated carbocycles. The van der Waals surface area contributed by atoms with Crippen LogP contribution in [0.4, 0.5) is 13.2 Å². The van der Waals surface area contributed by atoms with Crippen LogP contribution in [0.1, 0.15) is 11.3 Å². The second kappa shape index (κ2) is 3.17. The maximum absolute atomic E-state index is 12.3. The number of pyridine rings is 1. The van der Waals surface area contributed by atoms with Gasteiger partial charge in [-0.25, -0.2) is 0 Å². The van der Waals surface area contributed by atoms with Crippen molar-refractivity contribution < 1.29 is 23.1 Å². The fraction of sp³-hybridized carbons (Fsp3) is 0.286. The van der Waals surface area contributed by atoms with E-state index in [0.29, 0.717) is 4.73 Å². The van der Waals surface area contributed by atoms with Gasteiger partial charge in [0.25, 0.3) is 0 Å². The summed E-state index contributed by atoms with van der Waals surface area (Å²) in [6.45, 7) is 1.19. The standard InChI is InChI=1S/C7H6BrF3NO/c1-4-6(7(9,10)11)2-5(8)3-12(4)13/h2-3,13H,1H3/q+1. The van der Waals surface area contributed by atoms with E-state index in [0.717, 1.165) is 12.3 Å². The van der Waals surface area contributed by atoms with Gasteiger partial charge in [0, 0.05) is 11.7 Å². The first-order valence-electron chi connectivity index (χ1n) is 3.30. The van der Waals surface area contributed by atoms with Crippen molar-refractivity contribution in [3.05, 3.63) is 28.0 Å². The van der Waals surface area contributed by atoms with Gasteiger partial charge in [0.15, 0.2) is 0 Å². The Hall–Kier alpha value is -0.780. The largest absolute Gasteiger partial charge is 0.422 e. The Balaban J connectivity index is 3.37. The predicted molar refractivity (Wildman–Crippen MR) is 41.3 cm³/mol. The smallest absolute Gasteiger partial charge is 0.285 e. The Bertz CT molecular complexity index is 337. The molecule has 0 aliphatic carbocycles. The second-order valence-electron chi connectivity index (χ2n) is 2.50. The zero-order valence-corrected chi connectivity index (χ0v) is 8.15. The van der Waals surface area contributed by atoms with Gasteiger partial charge in [-0.2, -0.15) is 13.2 Å². The maximum Gasteiger partial charge on any atom is 0.422 e. The lowest BCUT2D eigenvalue weighted by molar-refractivity contribution is -0.909. The summed E-state index contributed by atoms with van der Waals surface area (Å²) in [5.41, 5.74) is -1.10. The van der Waals surface area contributed by atoms with Crippen LogP contribution >= 0.6 is 15.9 Å². The Morgan fingerprint density at radius 1 is 1.46 bits per heavy atom. The molecule has 0 fully saturated rings. The van der Waals surface area contributed by atoms with Crippen molar-refractivity contribution in [1.29, 1.82) is 0 Å². The quantitative estimate of drug-likeness (QED) is 0.559. The summed E-state index contributed by atoms with van der Waals surface area (Å²) in [6.07, 6.45) is -3.30. The number of aromatic nitrogens is 1. The second-order valence-corrected chi connectivity index (χ2v) is 3.42. The monoisotopic (exact) mass is 256 g/mol. The molecule has 0 aromatic carbocycles. The van der Waals surface area contributed by atoms with Gasteiger partial charge in [-0.05, 0) is 22.0 Å². The molecule has 0 unspecified atom stereocenters. The van der Waals surface area contributed by atoms with Crippen LogP contribution in [0.15, 0.2) is 16.7 Å². The molecule has 2 nitrogen and oxygen atoms in total. The first kappa shape index (κ1) is 10.3. The minimum atomic E-state index is -4.45. The maximum atomic E-state index is 12.3. The SMILES string of the molecule is Cc1c(C(F)(F)F)cc(Br)c[n+]1O. The first-order chi connectivity index (χ1) is 5.82. The average molecular weight is 257 g/mol. The van der Waals surface area contributed by atoms with E-state index in [1.165, 1.54) is 6.92 Å². The predicted octanol–water partition coefficient (Wildman–Crippen LogP) is 2.30. The molecule has 0 radical (unpaired) electrons. The highest BCUT2D eigenvalue weighted by Gasteiger charge is 2.37. The molecular formula is C7H6BrF3NO+. The van der Waals surface area contributed by atoms with Crippen LogP contribution in [-0.4, -0.2) is 5.21 Å². The number of rotatable bonds is 0. The molecule has 0 spiro atoms. The Morgan fingerprint density at radius 2 is 2.00 bits per heavy atom. The highest BCUT2D eigenvalue weighted by atomic mass is 79.9. The van der Waals surface area contributed by atoms with Crippen LogP contribution in [-0.2, 0) is 6.18 Å². The van der Waals surface area contributed by atoms with Crippen LogP contribution in [0.3, 0.4) is 0 Å². The van der Waals surface area contributed by atoms with Crippen molar-refractivity contribution in [2.24, 2.45) is 0 Å². The number of halogens is 4. The van der Waals surface area contributed by atoms with E-state index in [1.807, 2.05) is 0 Å². The van der Waals surface area contributed by atoms with Crippen molar-refractivity contribution in [3.8, 4) is 0 Å². The van der Waals surface area contributed by atoms with E-state index in [2.05, 4.69) is 15.9 Å². The van der Waals surface area contributed by atoms with Crippen LogP contribution in [0, 0.1) is 6.92 Å². The third kappa shape index (κ3) is 2.12. The van der Waals surface area contributed by atoms with E-state index < -0.39 is 11.7 Å². The topological polar surface area (TPSA) is 24.1 Å². The molecule has 72 valence electrons. The molecule has 1 aromatic rings. The van der Waals surface area contributed by atoms with E-state index >= 15 is 0 Å². The summed E-state index contributed by atoms with van der Waals surface area (Å²) in [6, 6.07) is 0.919. The van der Waals surface area contributed by atoms with Crippen LogP contribution in [0.25, 0.3) is 0 Å². The lowest BCUT2D eigenvalue weighted by atomic mass is 10.2. The van der Waals surface area contributed by atoms with Gasteiger partial charge in [0.1, 0.15) is 5.56 Å². The van der Waals surface area contributed by atoms with Crippen molar-refractivity contribution in [1.82, 2.24) is 0 Å². The van der Waals surface area contributed by atoms with Gasteiger partial charge >= 0.3 is 6.18 Å². The van der Waals surface area contributed by atoms with Gasteiger partial charge < -0.3 is 0 Å². The lowest BCUT2D eigenvalue weighted by Crippen LogP contribution is -2.36. The molecule has 1 rings (SSSR count). The molecule has 0 saturated heterocycles. The molecule has 6 heteroatoms. The zero-order chi connectivity index (χ0) is 10.2. The van der Waals surface area contributed by atoms with Crippen molar-refractivity contribution in [2.75, 3.05) is 0 Å². The molecule has 0 bridgehead atoms. The number of hydrogen-bond acceptors (Lipinski definition) is 1. The highest BCUT2D eigenvalue weighted by molar-refractivity contribution is 9.10. The fourth-order valence-electron chi connectivity index (χ4n) is 0.904. The summed E-state index contributed by atoms with van der Waals surface area (Å²) in [4.78, 5) is 0. The molecule has 13 heavy (non-hydrogen) atoms. The highest BCUT2D eigenvalue weighted by Crippen LogP contribution is 2.31. The van der Waals surface area contributed by atoms with Crippen LogP contribution in [0.2, 0.25) is 0 Å². The number of nitrogens with zero attached hydrogens (tertiary/aromatic N) is 1. The van der Waals surface area contributed by atoms with Gasteiger partial charge in [-0.1, -0.05) is 0 Å². The molecular weight excluding hydrogens is 251 g/mol. The first-order valence-corrected chi connectivity index (χ1v) is 4.10. The molecule has 0 aliphatic rings. The van der Waals surface area contributed by atoms with Crippen LogP contribution < -0.4 is 4.73 Å². The lowest BCUT2D eigenvalue weighted by Gasteiger charge is -2.06. The Morgan fingerprint density at radius 3 is 2.46 bits per heavy atom. The number of alkyl halides is 3. The van der Waals surface area contributed by atoms with Gasteiger partial charge in [-0.15, -0.1) is 0 Å². The van der Waals surface area contributed by atoms with E-state index in [4.69, 9.17) is 5.21 Å². The van der Waals surface area contributed by atoms with E-state index in [-0.39, 0.29) is 10.2 Å². The zero-order valence-electron chi connectivity index (χ0n) is 6.56. The van der Waals surface area contributed by atoms with Crippen molar-refractivity contribution in [2.45, 2.75) is 13.1 Å². The minimum absolute atomic E-state index is 0.174. The average Bonchev–Trinajstić information content (AvgIpc) is 1.94.